The van der Waals surface area contributed by atoms with Crippen molar-refractivity contribution < 1.29 is 17.6 Å². The lowest BCUT2D eigenvalue weighted by molar-refractivity contribution is -0.119. The zero-order chi connectivity index (χ0) is 18.7. The zero-order valence-electron chi connectivity index (χ0n) is 13.4. The van der Waals surface area contributed by atoms with Crippen LogP contribution in [0.4, 0.5) is 15.8 Å². The summed E-state index contributed by atoms with van der Waals surface area (Å²) >= 11 is 5.69. The molecule has 3 rings (SSSR count). The normalized spacial score (nSPS) is 19.9. The number of sulfonamides is 1. The highest BCUT2D eigenvalue weighted by Gasteiger charge is 2.41. The van der Waals surface area contributed by atoms with Gasteiger partial charge in [0.1, 0.15) is 5.82 Å². The van der Waals surface area contributed by atoms with Crippen molar-refractivity contribution >= 4 is 38.9 Å². The van der Waals surface area contributed by atoms with Crippen LogP contribution in [0.15, 0.2) is 48.5 Å². The molecular formula is C16H16ClFN4O3S. The van der Waals surface area contributed by atoms with Crippen LogP contribution in [0.2, 0.25) is 5.02 Å². The van der Waals surface area contributed by atoms with Crippen molar-refractivity contribution in [3.8, 4) is 0 Å². The molecule has 26 heavy (non-hydrogen) atoms. The third kappa shape index (κ3) is 4.13. The Morgan fingerprint density at radius 2 is 1.88 bits per heavy atom. The topological polar surface area (TPSA) is 99.3 Å². The summed E-state index contributed by atoms with van der Waals surface area (Å²) in [5.74, 6) is -2.05. The number of carbonyl (C=O) groups excluding carboxylic acids is 1. The molecule has 2 atom stereocenters. The van der Waals surface area contributed by atoms with E-state index in [1.54, 1.807) is 30.3 Å². The molecule has 1 aliphatic rings. The van der Waals surface area contributed by atoms with Gasteiger partial charge >= 0.3 is 0 Å². The third-order valence-corrected chi connectivity index (χ3v) is 5.75. The average molecular weight is 399 g/mol. The van der Waals surface area contributed by atoms with Gasteiger partial charge in [0.2, 0.25) is 5.91 Å². The van der Waals surface area contributed by atoms with Crippen molar-refractivity contribution in [3.63, 3.8) is 0 Å². The molecule has 2 aromatic rings. The maximum atomic E-state index is 13.2. The summed E-state index contributed by atoms with van der Waals surface area (Å²) in [5, 5.41) is 1.24. The molecular weight excluding hydrogens is 383 g/mol. The van der Waals surface area contributed by atoms with Crippen molar-refractivity contribution in [1.82, 2.24) is 10.9 Å². The highest BCUT2D eigenvalue weighted by atomic mass is 35.5. The van der Waals surface area contributed by atoms with Gasteiger partial charge in [-0.2, -0.15) is 0 Å². The Balaban J connectivity index is 1.74. The zero-order valence-corrected chi connectivity index (χ0v) is 14.9. The molecule has 0 radical (unpaired) electrons. The first kappa shape index (κ1) is 18.6. The van der Waals surface area contributed by atoms with Gasteiger partial charge in [0.15, 0.2) is 5.37 Å². The van der Waals surface area contributed by atoms with Gasteiger partial charge in [-0.25, -0.2) is 18.2 Å². The van der Waals surface area contributed by atoms with Gasteiger partial charge < -0.3 is 5.32 Å². The minimum absolute atomic E-state index is 0.112. The summed E-state index contributed by atoms with van der Waals surface area (Å²) in [6.45, 7) is 0.112. The smallest absolute Gasteiger partial charge is 0.250 e. The van der Waals surface area contributed by atoms with Crippen LogP contribution < -0.4 is 20.9 Å². The lowest BCUT2D eigenvalue weighted by atomic mass is 10.1. The van der Waals surface area contributed by atoms with Crippen LogP contribution in [0, 0.1) is 11.7 Å². The van der Waals surface area contributed by atoms with Crippen molar-refractivity contribution in [2.75, 3.05) is 16.6 Å². The number of anilines is 2. The number of halogens is 2. The Labute approximate surface area is 155 Å². The van der Waals surface area contributed by atoms with E-state index in [2.05, 4.69) is 20.9 Å². The van der Waals surface area contributed by atoms with Crippen molar-refractivity contribution in [1.29, 1.82) is 0 Å². The van der Waals surface area contributed by atoms with Crippen LogP contribution in [-0.2, 0) is 14.8 Å². The average Bonchev–Trinajstić information content (AvgIpc) is 3.10. The number of nitrogens with one attached hydrogen (secondary N) is 4. The van der Waals surface area contributed by atoms with E-state index in [0.717, 1.165) is 6.07 Å². The van der Waals surface area contributed by atoms with E-state index in [1.807, 2.05) is 0 Å². The van der Waals surface area contributed by atoms with E-state index in [-0.39, 0.29) is 17.3 Å². The fourth-order valence-corrected chi connectivity index (χ4v) is 4.21. The van der Waals surface area contributed by atoms with E-state index >= 15 is 0 Å². The molecule has 138 valence electrons. The largest absolute Gasteiger partial charge is 0.326 e. The number of hydrogen-bond acceptors (Lipinski definition) is 5. The SMILES string of the molecule is O=C(Nc1ccc(F)c(Cl)c1)C1CNNC1S(=O)(=O)Nc1ccccc1. The molecule has 0 aliphatic carbocycles. The van der Waals surface area contributed by atoms with E-state index in [9.17, 15) is 17.6 Å². The number of amides is 1. The van der Waals surface area contributed by atoms with Crippen LogP contribution in [0.3, 0.4) is 0 Å². The van der Waals surface area contributed by atoms with Gasteiger partial charge in [0.25, 0.3) is 10.0 Å². The molecule has 1 saturated heterocycles. The summed E-state index contributed by atoms with van der Waals surface area (Å²) in [5.41, 5.74) is 5.96. The minimum atomic E-state index is -3.88. The standard InChI is InChI=1S/C16H16ClFN4O3S/c17-13-8-11(6-7-14(13)18)20-15(23)12-9-19-21-16(12)26(24,25)22-10-4-2-1-3-5-10/h1-8,12,16,19,21-22H,9H2,(H,20,23). The lowest BCUT2D eigenvalue weighted by Gasteiger charge is -2.19. The van der Waals surface area contributed by atoms with Gasteiger partial charge in [-0.05, 0) is 30.3 Å². The second-order valence-electron chi connectivity index (χ2n) is 5.68. The van der Waals surface area contributed by atoms with Gasteiger partial charge in [-0.1, -0.05) is 29.8 Å². The van der Waals surface area contributed by atoms with E-state index in [4.69, 9.17) is 11.6 Å². The molecule has 0 bridgehead atoms. The fraction of sp³-hybridized carbons (Fsp3) is 0.188. The molecule has 0 saturated carbocycles. The molecule has 1 heterocycles. The third-order valence-electron chi connectivity index (χ3n) is 3.82. The molecule has 2 unspecified atom stereocenters. The first-order valence-electron chi connectivity index (χ1n) is 7.68. The summed E-state index contributed by atoms with van der Waals surface area (Å²) in [7, 11) is -3.88. The molecule has 0 aromatic heterocycles. The predicted octanol–water partition coefficient (Wildman–Crippen LogP) is 1.91. The number of rotatable bonds is 5. The van der Waals surface area contributed by atoms with Crippen molar-refractivity contribution in [3.05, 3.63) is 59.4 Å². The molecule has 1 aliphatic heterocycles. The van der Waals surface area contributed by atoms with E-state index < -0.39 is 33.0 Å². The van der Waals surface area contributed by atoms with Gasteiger partial charge in [0, 0.05) is 17.9 Å². The first-order chi connectivity index (χ1) is 12.4. The Morgan fingerprint density at radius 3 is 2.58 bits per heavy atom. The van der Waals surface area contributed by atoms with Crippen LogP contribution in [0.5, 0.6) is 0 Å². The molecule has 2 aromatic carbocycles. The van der Waals surface area contributed by atoms with Crippen LogP contribution in [0.25, 0.3) is 0 Å². The minimum Gasteiger partial charge on any atom is -0.326 e. The van der Waals surface area contributed by atoms with E-state index in [0.29, 0.717) is 5.69 Å². The lowest BCUT2D eigenvalue weighted by Crippen LogP contribution is -2.45. The molecule has 10 heteroatoms. The Kier molecular flexibility index (Phi) is 5.42. The van der Waals surface area contributed by atoms with Crippen LogP contribution >= 0.6 is 11.6 Å². The molecule has 7 nitrogen and oxygen atoms in total. The molecule has 1 amide bonds. The van der Waals surface area contributed by atoms with Gasteiger partial charge in [-0.15, -0.1) is 0 Å². The highest BCUT2D eigenvalue weighted by molar-refractivity contribution is 7.93. The summed E-state index contributed by atoms with van der Waals surface area (Å²) in [6, 6.07) is 12.1. The number of benzene rings is 2. The van der Waals surface area contributed by atoms with Gasteiger partial charge in [0.05, 0.1) is 10.9 Å². The molecule has 0 spiro atoms. The monoisotopic (exact) mass is 398 g/mol. The molecule has 1 fully saturated rings. The quantitative estimate of drug-likeness (QED) is 0.616. The first-order valence-corrected chi connectivity index (χ1v) is 9.60. The summed E-state index contributed by atoms with van der Waals surface area (Å²) in [4.78, 5) is 12.5. The number of hydrogen-bond donors (Lipinski definition) is 4. The summed E-state index contributed by atoms with van der Waals surface area (Å²) < 4.78 is 40.9. The fourth-order valence-electron chi connectivity index (χ4n) is 2.54. The number of hydrazine groups is 1. The Hall–Kier alpha value is -2.20. The van der Waals surface area contributed by atoms with Gasteiger partial charge in [-0.3, -0.25) is 14.9 Å². The van der Waals surface area contributed by atoms with Crippen LogP contribution in [-0.4, -0.2) is 26.2 Å². The maximum absolute atomic E-state index is 13.2. The molecule has 4 N–H and O–H groups in total. The van der Waals surface area contributed by atoms with E-state index in [1.165, 1.54) is 12.1 Å². The van der Waals surface area contributed by atoms with Crippen molar-refractivity contribution in [2.45, 2.75) is 5.37 Å². The van der Waals surface area contributed by atoms with Crippen LogP contribution in [0.1, 0.15) is 0 Å². The maximum Gasteiger partial charge on any atom is 0.250 e. The predicted molar refractivity (Wildman–Crippen MR) is 97.4 cm³/mol. The summed E-state index contributed by atoms with van der Waals surface area (Å²) in [6.07, 6.45) is 0. The van der Waals surface area contributed by atoms with Crippen molar-refractivity contribution in [2.24, 2.45) is 5.92 Å². The second kappa shape index (κ2) is 7.58. The Bertz CT molecular complexity index is 911. The Morgan fingerprint density at radius 1 is 1.15 bits per heavy atom. The highest BCUT2D eigenvalue weighted by Crippen LogP contribution is 2.22. The number of para-hydroxylation sites is 1. The number of carbonyl (C=O) groups is 1. The second-order valence-corrected chi connectivity index (χ2v) is 7.89.